The monoisotopic (exact) mass is 256 g/mol. The molecular weight excluding hydrogens is 240 g/mol. The van der Waals surface area contributed by atoms with Gasteiger partial charge in [0.05, 0.1) is 0 Å². The number of anilines is 1. The largest absolute Gasteiger partial charge is 0.364 e. The van der Waals surface area contributed by atoms with Gasteiger partial charge in [0.15, 0.2) is 5.69 Å². The Morgan fingerprint density at radius 3 is 2.63 bits per heavy atom. The Bertz CT molecular complexity index is 533. The Balaban J connectivity index is 1.85. The van der Waals surface area contributed by atoms with E-state index in [1.165, 1.54) is 25.5 Å². The Labute approximate surface area is 112 Å². The molecular formula is C15H16N2O2. The van der Waals surface area contributed by atoms with Crippen LogP contribution < -0.4 is 4.90 Å². The zero-order chi connectivity index (χ0) is 13.1. The van der Waals surface area contributed by atoms with Crippen LogP contribution in [0.1, 0.15) is 29.8 Å². The molecule has 0 N–H and O–H groups in total. The van der Waals surface area contributed by atoms with E-state index in [9.17, 15) is 4.79 Å². The molecule has 1 aromatic heterocycles. The molecule has 1 heterocycles. The molecule has 0 bridgehead atoms. The zero-order valence-electron chi connectivity index (χ0n) is 10.7. The lowest BCUT2D eigenvalue weighted by Gasteiger charge is -2.32. The van der Waals surface area contributed by atoms with E-state index in [2.05, 4.69) is 5.16 Å². The number of nitrogens with zero attached hydrogens (tertiary/aromatic N) is 2. The van der Waals surface area contributed by atoms with Crippen LogP contribution in [0.5, 0.6) is 0 Å². The Hall–Kier alpha value is -2.10. The van der Waals surface area contributed by atoms with Crippen molar-refractivity contribution < 1.29 is 9.32 Å². The molecule has 3 rings (SSSR count). The number of rotatable bonds is 4. The normalized spacial score (nSPS) is 14.9. The Morgan fingerprint density at radius 1 is 1.26 bits per heavy atom. The molecule has 1 aliphatic rings. The molecule has 19 heavy (non-hydrogen) atoms. The zero-order valence-corrected chi connectivity index (χ0v) is 10.7. The highest BCUT2D eigenvalue weighted by Gasteiger charge is 2.26. The van der Waals surface area contributed by atoms with Crippen molar-refractivity contribution in [3.63, 3.8) is 0 Å². The molecule has 0 aliphatic heterocycles. The van der Waals surface area contributed by atoms with Gasteiger partial charge < -0.3 is 9.42 Å². The first kappa shape index (κ1) is 12.0. The predicted molar refractivity (Wildman–Crippen MR) is 72.0 cm³/mol. The molecule has 1 aliphatic carbocycles. The van der Waals surface area contributed by atoms with E-state index in [4.69, 9.17) is 4.52 Å². The van der Waals surface area contributed by atoms with Crippen molar-refractivity contribution in [1.82, 2.24) is 5.16 Å². The Morgan fingerprint density at radius 2 is 2.05 bits per heavy atom. The van der Waals surface area contributed by atoms with Gasteiger partial charge in [-0.2, -0.15) is 0 Å². The number of amides is 1. The number of para-hydroxylation sites is 1. The molecule has 0 atom stereocenters. The van der Waals surface area contributed by atoms with Crippen LogP contribution in [0.3, 0.4) is 0 Å². The smallest absolute Gasteiger partial charge is 0.280 e. The predicted octanol–water partition coefficient (Wildman–Crippen LogP) is 3.12. The molecule has 0 spiro atoms. The molecule has 1 saturated carbocycles. The summed E-state index contributed by atoms with van der Waals surface area (Å²) < 4.78 is 4.77. The van der Waals surface area contributed by atoms with Gasteiger partial charge >= 0.3 is 0 Å². The summed E-state index contributed by atoms with van der Waals surface area (Å²) in [5.41, 5.74) is 1.28. The lowest BCUT2D eigenvalue weighted by molar-refractivity contribution is 0.0968. The number of hydrogen-bond acceptors (Lipinski definition) is 3. The molecule has 2 aromatic rings. The average Bonchev–Trinajstić information content (AvgIpc) is 2.92. The first-order valence-corrected chi connectivity index (χ1v) is 6.62. The number of aromatic nitrogens is 1. The maximum absolute atomic E-state index is 12.5. The van der Waals surface area contributed by atoms with Crippen molar-refractivity contribution in [3.05, 3.63) is 48.4 Å². The van der Waals surface area contributed by atoms with Crippen LogP contribution in [0.15, 0.2) is 47.2 Å². The second kappa shape index (κ2) is 5.26. The maximum atomic E-state index is 12.5. The van der Waals surface area contributed by atoms with Gasteiger partial charge in [0, 0.05) is 18.3 Å². The van der Waals surface area contributed by atoms with Gasteiger partial charge in [-0.25, -0.2) is 0 Å². The molecule has 0 unspecified atom stereocenters. The van der Waals surface area contributed by atoms with Crippen LogP contribution in [0, 0.1) is 5.92 Å². The van der Waals surface area contributed by atoms with E-state index in [1.54, 1.807) is 6.07 Å². The van der Waals surface area contributed by atoms with Gasteiger partial charge in [-0.15, -0.1) is 0 Å². The van der Waals surface area contributed by atoms with Crippen LogP contribution in [-0.4, -0.2) is 17.6 Å². The summed E-state index contributed by atoms with van der Waals surface area (Å²) in [6, 6.07) is 11.4. The first-order chi connectivity index (χ1) is 9.34. The minimum Gasteiger partial charge on any atom is -0.364 e. The highest BCUT2D eigenvalue weighted by molar-refractivity contribution is 6.04. The molecule has 4 nitrogen and oxygen atoms in total. The standard InChI is InChI=1S/C15H16N2O2/c18-15(14-9-10-19-16-14)17(11-12-5-4-6-12)13-7-2-1-3-8-13/h1-3,7-10,12H,4-6,11H2. The van der Waals surface area contributed by atoms with Crippen molar-refractivity contribution in [2.45, 2.75) is 19.3 Å². The van der Waals surface area contributed by atoms with Crippen molar-refractivity contribution >= 4 is 11.6 Å². The van der Waals surface area contributed by atoms with Crippen LogP contribution in [0.4, 0.5) is 5.69 Å². The summed E-state index contributed by atoms with van der Waals surface area (Å²) in [5.74, 6) is 0.517. The van der Waals surface area contributed by atoms with Crippen LogP contribution in [-0.2, 0) is 0 Å². The Kier molecular flexibility index (Phi) is 3.31. The summed E-state index contributed by atoms with van der Waals surface area (Å²) >= 11 is 0. The lowest BCUT2D eigenvalue weighted by atomic mass is 9.85. The molecule has 1 fully saturated rings. The van der Waals surface area contributed by atoms with E-state index in [0.717, 1.165) is 12.2 Å². The van der Waals surface area contributed by atoms with E-state index < -0.39 is 0 Å². The quantitative estimate of drug-likeness (QED) is 0.844. The third-order valence-corrected chi connectivity index (χ3v) is 3.64. The summed E-state index contributed by atoms with van der Waals surface area (Å²) in [7, 11) is 0. The second-order valence-corrected chi connectivity index (χ2v) is 4.93. The van der Waals surface area contributed by atoms with E-state index >= 15 is 0 Å². The molecule has 4 heteroatoms. The van der Waals surface area contributed by atoms with Crippen molar-refractivity contribution in [3.8, 4) is 0 Å². The fraction of sp³-hybridized carbons (Fsp3) is 0.333. The SMILES string of the molecule is O=C(c1ccon1)N(CC1CCC1)c1ccccc1. The fourth-order valence-electron chi connectivity index (χ4n) is 2.31. The van der Waals surface area contributed by atoms with Gasteiger partial charge in [0.25, 0.3) is 5.91 Å². The average molecular weight is 256 g/mol. The minimum atomic E-state index is -0.0909. The maximum Gasteiger partial charge on any atom is 0.280 e. The summed E-state index contributed by atoms with van der Waals surface area (Å²) in [4.78, 5) is 14.3. The molecule has 0 radical (unpaired) electrons. The summed E-state index contributed by atoms with van der Waals surface area (Å²) in [6.07, 6.45) is 5.11. The van der Waals surface area contributed by atoms with Crippen molar-refractivity contribution in [2.24, 2.45) is 5.92 Å². The van der Waals surface area contributed by atoms with Gasteiger partial charge in [-0.3, -0.25) is 4.79 Å². The summed E-state index contributed by atoms with van der Waals surface area (Å²) in [5, 5.41) is 3.75. The lowest BCUT2D eigenvalue weighted by Crippen LogP contribution is -2.37. The van der Waals surface area contributed by atoms with Gasteiger partial charge in [-0.05, 0) is 30.9 Å². The first-order valence-electron chi connectivity index (χ1n) is 6.62. The number of benzene rings is 1. The van der Waals surface area contributed by atoms with E-state index in [0.29, 0.717) is 11.6 Å². The highest BCUT2D eigenvalue weighted by atomic mass is 16.5. The highest BCUT2D eigenvalue weighted by Crippen LogP contribution is 2.29. The van der Waals surface area contributed by atoms with Crippen LogP contribution in [0.2, 0.25) is 0 Å². The van der Waals surface area contributed by atoms with Crippen LogP contribution >= 0.6 is 0 Å². The third-order valence-electron chi connectivity index (χ3n) is 3.64. The third kappa shape index (κ3) is 2.52. The molecule has 98 valence electrons. The van der Waals surface area contributed by atoms with Crippen LogP contribution in [0.25, 0.3) is 0 Å². The summed E-state index contributed by atoms with van der Waals surface area (Å²) in [6.45, 7) is 0.760. The number of hydrogen-bond donors (Lipinski definition) is 0. The molecule has 1 aromatic carbocycles. The topological polar surface area (TPSA) is 46.3 Å². The van der Waals surface area contributed by atoms with Gasteiger partial charge in [0.2, 0.25) is 0 Å². The number of carbonyl (C=O) groups is 1. The van der Waals surface area contributed by atoms with Crippen molar-refractivity contribution in [2.75, 3.05) is 11.4 Å². The van der Waals surface area contributed by atoms with E-state index in [-0.39, 0.29) is 5.91 Å². The van der Waals surface area contributed by atoms with Gasteiger partial charge in [-0.1, -0.05) is 29.8 Å². The van der Waals surface area contributed by atoms with Crippen molar-refractivity contribution in [1.29, 1.82) is 0 Å². The minimum absolute atomic E-state index is 0.0909. The molecule has 1 amide bonds. The second-order valence-electron chi connectivity index (χ2n) is 4.93. The number of carbonyl (C=O) groups excluding carboxylic acids is 1. The fourth-order valence-corrected chi connectivity index (χ4v) is 2.31. The molecule has 0 saturated heterocycles. The van der Waals surface area contributed by atoms with Gasteiger partial charge in [0.1, 0.15) is 6.26 Å². The van der Waals surface area contributed by atoms with E-state index in [1.807, 2.05) is 35.2 Å².